The van der Waals surface area contributed by atoms with Gasteiger partial charge in [0.05, 0.1) is 5.52 Å². The van der Waals surface area contributed by atoms with Gasteiger partial charge in [0, 0.05) is 35.2 Å². The Bertz CT molecular complexity index is 639. The summed E-state index contributed by atoms with van der Waals surface area (Å²) in [4.78, 5) is 14.5. The van der Waals surface area contributed by atoms with E-state index in [2.05, 4.69) is 17.1 Å². The van der Waals surface area contributed by atoms with Crippen molar-refractivity contribution in [1.82, 2.24) is 15.1 Å². The van der Waals surface area contributed by atoms with Crippen molar-refractivity contribution in [2.24, 2.45) is 0 Å². The third-order valence-corrected chi connectivity index (χ3v) is 5.04. The first-order valence-electron chi connectivity index (χ1n) is 6.83. The summed E-state index contributed by atoms with van der Waals surface area (Å²) >= 11 is 1.95. The van der Waals surface area contributed by atoms with E-state index >= 15 is 0 Å². The van der Waals surface area contributed by atoms with E-state index in [0.717, 1.165) is 36.2 Å². The van der Waals surface area contributed by atoms with Crippen molar-refractivity contribution in [2.45, 2.75) is 18.6 Å². The van der Waals surface area contributed by atoms with Crippen LogP contribution in [0, 0.1) is 0 Å². The highest BCUT2D eigenvalue weighted by molar-refractivity contribution is 8.00. The van der Waals surface area contributed by atoms with Crippen LogP contribution in [0.15, 0.2) is 18.2 Å². The number of rotatable bonds is 2. The molecule has 1 atom stereocenters. The Balaban J connectivity index is 1.90. The zero-order chi connectivity index (χ0) is 14.1. The lowest BCUT2D eigenvalue weighted by Crippen LogP contribution is -2.42. The number of benzene rings is 1. The zero-order valence-corrected chi connectivity index (χ0v) is 12.2. The largest absolute Gasteiger partial charge is 0.399 e. The lowest BCUT2D eigenvalue weighted by Gasteiger charge is -2.31. The van der Waals surface area contributed by atoms with E-state index in [-0.39, 0.29) is 5.91 Å². The number of anilines is 1. The molecule has 20 heavy (non-hydrogen) atoms. The normalized spacial score (nSPS) is 19.4. The second-order valence-electron chi connectivity index (χ2n) is 5.03. The molecule has 1 unspecified atom stereocenters. The first-order chi connectivity index (χ1) is 9.69. The molecule has 1 aromatic heterocycles. The van der Waals surface area contributed by atoms with Gasteiger partial charge in [-0.3, -0.25) is 9.89 Å². The van der Waals surface area contributed by atoms with E-state index in [9.17, 15) is 4.79 Å². The smallest absolute Gasteiger partial charge is 0.275 e. The maximum absolute atomic E-state index is 12.6. The number of hydrogen-bond donors (Lipinski definition) is 2. The van der Waals surface area contributed by atoms with Crippen LogP contribution >= 0.6 is 11.8 Å². The minimum atomic E-state index is 0.000556. The Morgan fingerprint density at radius 3 is 3.25 bits per heavy atom. The second-order valence-corrected chi connectivity index (χ2v) is 6.44. The molecule has 1 aromatic carbocycles. The number of hydrogen-bond acceptors (Lipinski definition) is 4. The average molecular weight is 290 g/mol. The van der Waals surface area contributed by atoms with Crippen LogP contribution in [0.3, 0.4) is 0 Å². The fraction of sp³-hybridized carbons (Fsp3) is 0.429. The van der Waals surface area contributed by atoms with E-state index in [1.807, 2.05) is 28.8 Å². The molecule has 6 heteroatoms. The van der Waals surface area contributed by atoms with Crippen molar-refractivity contribution in [2.75, 3.05) is 24.6 Å². The summed E-state index contributed by atoms with van der Waals surface area (Å²) in [5.74, 6) is 0.995. The molecule has 1 aliphatic heterocycles. The predicted molar refractivity (Wildman–Crippen MR) is 82.9 cm³/mol. The summed E-state index contributed by atoms with van der Waals surface area (Å²) in [5, 5.41) is 8.42. The molecule has 0 radical (unpaired) electrons. The maximum Gasteiger partial charge on any atom is 0.275 e. The van der Waals surface area contributed by atoms with Crippen molar-refractivity contribution >= 4 is 34.3 Å². The van der Waals surface area contributed by atoms with Crippen LogP contribution in [-0.4, -0.2) is 45.1 Å². The third-order valence-electron chi connectivity index (χ3n) is 3.67. The lowest BCUT2D eigenvalue weighted by molar-refractivity contribution is 0.0757. The Kier molecular flexibility index (Phi) is 3.56. The molecule has 0 saturated carbocycles. The zero-order valence-electron chi connectivity index (χ0n) is 11.4. The van der Waals surface area contributed by atoms with E-state index in [0.29, 0.717) is 16.6 Å². The van der Waals surface area contributed by atoms with Crippen molar-refractivity contribution < 1.29 is 4.79 Å². The molecule has 0 spiro atoms. The van der Waals surface area contributed by atoms with Crippen LogP contribution in [0.25, 0.3) is 10.9 Å². The Labute approximate surface area is 121 Å². The molecule has 0 bridgehead atoms. The number of nitrogens with one attached hydrogen (secondary N) is 1. The van der Waals surface area contributed by atoms with Gasteiger partial charge in [0.25, 0.3) is 5.91 Å². The van der Waals surface area contributed by atoms with E-state index in [1.54, 1.807) is 6.07 Å². The summed E-state index contributed by atoms with van der Waals surface area (Å²) in [5.41, 5.74) is 7.78. The fourth-order valence-corrected chi connectivity index (χ4v) is 3.68. The average Bonchev–Trinajstić information content (AvgIpc) is 2.89. The van der Waals surface area contributed by atoms with Crippen LogP contribution in [-0.2, 0) is 0 Å². The number of fused-ring (bicyclic) bond motifs is 1. The van der Waals surface area contributed by atoms with Crippen molar-refractivity contribution in [3.8, 4) is 0 Å². The number of nitrogen functional groups attached to an aromatic ring is 1. The molecular weight excluding hydrogens is 272 g/mol. The van der Waals surface area contributed by atoms with Gasteiger partial charge in [-0.1, -0.05) is 6.92 Å². The lowest BCUT2D eigenvalue weighted by atomic mass is 10.1. The summed E-state index contributed by atoms with van der Waals surface area (Å²) in [6.07, 6.45) is 1.09. The minimum Gasteiger partial charge on any atom is -0.399 e. The Hall–Kier alpha value is -1.69. The fourth-order valence-electron chi connectivity index (χ4n) is 2.50. The Morgan fingerprint density at radius 2 is 2.45 bits per heavy atom. The van der Waals surface area contributed by atoms with Crippen LogP contribution in [0.2, 0.25) is 0 Å². The molecular formula is C14H18N4OS. The highest BCUT2D eigenvalue weighted by Gasteiger charge is 2.26. The highest BCUT2D eigenvalue weighted by atomic mass is 32.2. The van der Waals surface area contributed by atoms with E-state index in [4.69, 9.17) is 5.73 Å². The van der Waals surface area contributed by atoms with Gasteiger partial charge in [0.1, 0.15) is 0 Å². The molecule has 1 fully saturated rings. The second kappa shape index (κ2) is 5.36. The standard InChI is InChI=1S/C14H18N4OS/c1-2-10-8-18(5-6-20-10)14(19)13-11-7-9(15)3-4-12(11)16-17-13/h3-4,7,10H,2,5-6,8,15H2,1H3,(H,16,17). The molecule has 106 valence electrons. The van der Waals surface area contributed by atoms with Crippen molar-refractivity contribution in [1.29, 1.82) is 0 Å². The highest BCUT2D eigenvalue weighted by Crippen LogP contribution is 2.25. The number of nitrogens with two attached hydrogens (primary N) is 1. The SMILES string of the molecule is CCC1CN(C(=O)c2n[nH]c3ccc(N)cc23)CCS1. The van der Waals surface area contributed by atoms with Crippen molar-refractivity contribution in [3.05, 3.63) is 23.9 Å². The quantitative estimate of drug-likeness (QED) is 0.831. The van der Waals surface area contributed by atoms with Gasteiger partial charge in [-0.25, -0.2) is 0 Å². The third kappa shape index (κ3) is 2.35. The van der Waals surface area contributed by atoms with Gasteiger partial charge in [-0.2, -0.15) is 16.9 Å². The number of carbonyl (C=O) groups excluding carboxylic acids is 1. The maximum atomic E-state index is 12.6. The Morgan fingerprint density at radius 1 is 1.60 bits per heavy atom. The van der Waals surface area contributed by atoms with Crippen LogP contribution in [0.1, 0.15) is 23.8 Å². The van der Waals surface area contributed by atoms with Crippen LogP contribution in [0.4, 0.5) is 5.69 Å². The van der Waals surface area contributed by atoms with Gasteiger partial charge in [-0.05, 0) is 24.6 Å². The predicted octanol–water partition coefficient (Wildman–Crippen LogP) is 2.11. The minimum absolute atomic E-state index is 0.000556. The molecule has 5 nitrogen and oxygen atoms in total. The molecule has 1 saturated heterocycles. The van der Waals surface area contributed by atoms with Gasteiger partial charge in [0.15, 0.2) is 5.69 Å². The number of nitrogens with zero attached hydrogens (tertiary/aromatic N) is 2. The molecule has 1 aliphatic rings. The van der Waals surface area contributed by atoms with Crippen molar-refractivity contribution in [3.63, 3.8) is 0 Å². The van der Waals surface area contributed by atoms with Crippen LogP contribution < -0.4 is 5.73 Å². The number of aromatic nitrogens is 2. The van der Waals surface area contributed by atoms with Gasteiger partial charge < -0.3 is 10.6 Å². The summed E-state index contributed by atoms with van der Waals surface area (Å²) in [7, 11) is 0. The molecule has 0 aliphatic carbocycles. The number of amides is 1. The van der Waals surface area contributed by atoms with E-state index in [1.165, 1.54) is 0 Å². The molecule has 3 N–H and O–H groups in total. The summed E-state index contributed by atoms with van der Waals surface area (Å²) in [6, 6.07) is 5.47. The first-order valence-corrected chi connectivity index (χ1v) is 7.88. The number of aromatic amines is 1. The number of H-pyrrole nitrogens is 1. The monoisotopic (exact) mass is 290 g/mol. The molecule has 2 heterocycles. The summed E-state index contributed by atoms with van der Waals surface area (Å²) < 4.78 is 0. The van der Waals surface area contributed by atoms with Crippen LogP contribution in [0.5, 0.6) is 0 Å². The van der Waals surface area contributed by atoms with E-state index < -0.39 is 0 Å². The molecule has 1 amide bonds. The number of thioether (sulfide) groups is 1. The molecule has 3 rings (SSSR count). The van der Waals surface area contributed by atoms with Gasteiger partial charge >= 0.3 is 0 Å². The first kappa shape index (κ1) is 13.3. The summed E-state index contributed by atoms with van der Waals surface area (Å²) in [6.45, 7) is 3.75. The molecule has 2 aromatic rings. The van der Waals surface area contributed by atoms with Gasteiger partial charge in [0.2, 0.25) is 0 Å². The van der Waals surface area contributed by atoms with Gasteiger partial charge in [-0.15, -0.1) is 0 Å². The number of carbonyl (C=O) groups is 1. The topological polar surface area (TPSA) is 75.0 Å².